The van der Waals surface area contributed by atoms with Crippen LogP contribution in [0, 0.1) is 0 Å². The second-order valence-electron chi connectivity index (χ2n) is 4.89. The molecule has 0 spiro atoms. The number of hydrogen-bond donors (Lipinski definition) is 2. The van der Waals surface area contributed by atoms with Crippen molar-refractivity contribution < 1.29 is 14.4 Å². The van der Waals surface area contributed by atoms with Crippen LogP contribution in [0.25, 0.3) is 11.4 Å². The number of aliphatic carboxylic acids is 1. The molecule has 0 aliphatic carbocycles. The molecule has 7 heteroatoms. The van der Waals surface area contributed by atoms with Crippen LogP contribution in [0.2, 0.25) is 0 Å². The maximum absolute atomic E-state index is 11.2. The molecule has 120 valence electrons. The van der Waals surface area contributed by atoms with E-state index in [0.29, 0.717) is 18.1 Å². The van der Waals surface area contributed by atoms with E-state index in [9.17, 15) is 4.79 Å². The number of nitrogens with zero attached hydrogens (tertiary/aromatic N) is 2. The Kier molecular flexibility index (Phi) is 7.01. The fourth-order valence-electron chi connectivity index (χ4n) is 2.06. The van der Waals surface area contributed by atoms with E-state index in [4.69, 9.17) is 9.63 Å². The smallest absolute Gasteiger partial charge is 0.320 e. The van der Waals surface area contributed by atoms with Gasteiger partial charge in [-0.3, -0.25) is 10.1 Å². The summed E-state index contributed by atoms with van der Waals surface area (Å²) in [5.74, 6) is 0.0179. The molecule has 2 aromatic rings. The molecule has 2 N–H and O–H groups in total. The molecule has 0 aliphatic rings. The lowest BCUT2D eigenvalue weighted by atomic mass is 10.1. The van der Waals surface area contributed by atoms with E-state index in [0.717, 1.165) is 12.0 Å². The summed E-state index contributed by atoms with van der Waals surface area (Å²) in [7, 11) is 0. The number of aromatic nitrogens is 2. The number of rotatable bonds is 7. The largest absolute Gasteiger partial charge is 0.480 e. The predicted molar refractivity (Wildman–Crippen MR) is 84.9 cm³/mol. The lowest BCUT2D eigenvalue weighted by molar-refractivity contribution is -0.139. The minimum Gasteiger partial charge on any atom is -0.480 e. The van der Waals surface area contributed by atoms with Crippen LogP contribution in [0.4, 0.5) is 0 Å². The van der Waals surface area contributed by atoms with Crippen molar-refractivity contribution in [3.8, 4) is 11.4 Å². The quantitative estimate of drug-likeness (QED) is 0.813. The summed E-state index contributed by atoms with van der Waals surface area (Å²) in [6.45, 7) is 3.76. The van der Waals surface area contributed by atoms with Crippen LogP contribution in [0.1, 0.15) is 38.6 Å². The van der Waals surface area contributed by atoms with Gasteiger partial charge in [-0.05, 0) is 13.3 Å². The highest BCUT2D eigenvalue weighted by Gasteiger charge is 2.22. The molecular formula is C15H20ClN3O3. The molecule has 1 aromatic carbocycles. The minimum absolute atomic E-state index is 0. The Bertz CT molecular complexity index is 589. The number of nitrogens with one attached hydrogen (secondary N) is 1. The molecule has 1 heterocycles. The Morgan fingerprint density at radius 3 is 2.64 bits per heavy atom. The Morgan fingerprint density at radius 1 is 1.36 bits per heavy atom. The summed E-state index contributed by atoms with van der Waals surface area (Å²) in [5.41, 5.74) is 0.864. The second-order valence-corrected chi connectivity index (χ2v) is 4.89. The van der Waals surface area contributed by atoms with Crippen molar-refractivity contribution in [2.75, 3.05) is 0 Å². The average molecular weight is 326 g/mol. The molecule has 1 aromatic heterocycles. The highest BCUT2D eigenvalue weighted by molar-refractivity contribution is 5.85. The summed E-state index contributed by atoms with van der Waals surface area (Å²) < 4.78 is 5.22. The van der Waals surface area contributed by atoms with Gasteiger partial charge in [0, 0.05) is 5.56 Å². The van der Waals surface area contributed by atoms with Gasteiger partial charge < -0.3 is 9.63 Å². The van der Waals surface area contributed by atoms with Gasteiger partial charge in [-0.2, -0.15) is 4.98 Å². The Balaban J connectivity index is 0.00000242. The van der Waals surface area contributed by atoms with E-state index in [1.807, 2.05) is 44.2 Å². The average Bonchev–Trinajstić information content (AvgIpc) is 2.97. The van der Waals surface area contributed by atoms with Gasteiger partial charge >= 0.3 is 5.97 Å². The maximum Gasteiger partial charge on any atom is 0.320 e. The van der Waals surface area contributed by atoms with Crippen LogP contribution >= 0.6 is 12.4 Å². The lowest BCUT2D eigenvalue weighted by Crippen LogP contribution is -2.38. The standard InChI is InChI=1S/C15H19N3O3.ClH/c1-3-7-12(15(19)20)16-10(2)14-17-13(18-21-14)11-8-5-4-6-9-11;/h4-6,8-10,12,16H,3,7H2,1-2H3,(H,19,20);1H. The van der Waals surface area contributed by atoms with Gasteiger partial charge in [0.1, 0.15) is 6.04 Å². The van der Waals surface area contributed by atoms with Crippen LogP contribution in [0.3, 0.4) is 0 Å². The zero-order chi connectivity index (χ0) is 15.2. The molecule has 0 saturated heterocycles. The summed E-state index contributed by atoms with van der Waals surface area (Å²) in [5, 5.41) is 16.1. The third-order valence-corrected chi connectivity index (χ3v) is 3.17. The van der Waals surface area contributed by atoms with Gasteiger partial charge in [0.2, 0.25) is 11.7 Å². The molecule has 2 atom stereocenters. The highest BCUT2D eigenvalue weighted by Crippen LogP contribution is 2.18. The molecule has 2 unspecified atom stereocenters. The van der Waals surface area contributed by atoms with Crippen molar-refractivity contribution >= 4 is 18.4 Å². The normalized spacial score (nSPS) is 13.2. The van der Waals surface area contributed by atoms with E-state index in [1.165, 1.54) is 0 Å². The first-order valence-electron chi connectivity index (χ1n) is 6.99. The van der Waals surface area contributed by atoms with Gasteiger partial charge in [-0.15, -0.1) is 12.4 Å². The molecule has 0 aliphatic heterocycles. The lowest BCUT2D eigenvalue weighted by Gasteiger charge is -2.16. The van der Waals surface area contributed by atoms with E-state index in [-0.39, 0.29) is 18.4 Å². The Hall–Kier alpha value is -1.92. The van der Waals surface area contributed by atoms with Crippen LogP contribution in [0.5, 0.6) is 0 Å². The molecule has 0 saturated carbocycles. The van der Waals surface area contributed by atoms with Crippen molar-refractivity contribution in [2.24, 2.45) is 0 Å². The van der Waals surface area contributed by atoms with Crippen LogP contribution in [0.15, 0.2) is 34.9 Å². The van der Waals surface area contributed by atoms with Gasteiger partial charge in [-0.1, -0.05) is 48.8 Å². The van der Waals surface area contributed by atoms with Crippen LogP contribution < -0.4 is 5.32 Å². The molecular weight excluding hydrogens is 306 g/mol. The molecule has 2 rings (SSSR count). The molecule has 22 heavy (non-hydrogen) atoms. The molecule has 0 fully saturated rings. The van der Waals surface area contributed by atoms with E-state index < -0.39 is 12.0 Å². The summed E-state index contributed by atoms with van der Waals surface area (Å²) in [4.78, 5) is 15.5. The summed E-state index contributed by atoms with van der Waals surface area (Å²) in [6, 6.07) is 8.56. The first kappa shape index (κ1) is 18.1. The monoisotopic (exact) mass is 325 g/mol. The molecule has 0 bridgehead atoms. The predicted octanol–water partition coefficient (Wildman–Crippen LogP) is 3.06. The van der Waals surface area contributed by atoms with Crippen LogP contribution in [-0.2, 0) is 4.79 Å². The third kappa shape index (κ3) is 4.54. The van der Waals surface area contributed by atoms with Crippen molar-refractivity contribution in [2.45, 2.75) is 38.8 Å². The minimum atomic E-state index is -0.869. The number of carboxylic acids is 1. The Labute approximate surface area is 135 Å². The number of carbonyl (C=O) groups is 1. The SMILES string of the molecule is CCCC(NC(C)c1nc(-c2ccccc2)no1)C(=O)O.Cl. The van der Waals surface area contributed by atoms with Crippen LogP contribution in [-0.4, -0.2) is 27.3 Å². The van der Waals surface area contributed by atoms with Gasteiger partial charge in [0.25, 0.3) is 0 Å². The van der Waals surface area contributed by atoms with Crippen molar-refractivity contribution in [1.29, 1.82) is 0 Å². The number of benzene rings is 1. The maximum atomic E-state index is 11.2. The molecule has 0 amide bonds. The van der Waals surface area contributed by atoms with Gasteiger partial charge in [0.15, 0.2) is 0 Å². The van der Waals surface area contributed by atoms with Gasteiger partial charge in [0.05, 0.1) is 6.04 Å². The fraction of sp³-hybridized carbons (Fsp3) is 0.400. The number of carboxylic acid groups (broad SMARTS) is 1. The Morgan fingerprint density at radius 2 is 2.05 bits per heavy atom. The third-order valence-electron chi connectivity index (χ3n) is 3.17. The summed E-state index contributed by atoms with van der Waals surface area (Å²) >= 11 is 0. The molecule has 6 nitrogen and oxygen atoms in total. The number of hydrogen-bond acceptors (Lipinski definition) is 5. The number of halogens is 1. The van der Waals surface area contributed by atoms with Gasteiger partial charge in [-0.25, -0.2) is 0 Å². The zero-order valence-corrected chi connectivity index (χ0v) is 13.3. The van der Waals surface area contributed by atoms with Crippen molar-refractivity contribution in [3.05, 3.63) is 36.2 Å². The zero-order valence-electron chi connectivity index (χ0n) is 12.5. The van der Waals surface area contributed by atoms with Crippen molar-refractivity contribution in [3.63, 3.8) is 0 Å². The first-order valence-corrected chi connectivity index (χ1v) is 6.99. The summed E-state index contributed by atoms with van der Waals surface area (Å²) in [6.07, 6.45) is 1.34. The fourth-order valence-corrected chi connectivity index (χ4v) is 2.06. The van der Waals surface area contributed by atoms with E-state index >= 15 is 0 Å². The highest BCUT2D eigenvalue weighted by atomic mass is 35.5. The van der Waals surface area contributed by atoms with E-state index in [1.54, 1.807) is 0 Å². The topological polar surface area (TPSA) is 88.3 Å². The molecule has 0 radical (unpaired) electrons. The van der Waals surface area contributed by atoms with Crippen molar-refractivity contribution in [1.82, 2.24) is 15.5 Å². The van der Waals surface area contributed by atoms with E-state index in [2.05, 4.69) is 15.5 Å². The first-order chi connectivity index (χ1) is 10.1. The second kappa shape index (κ2) is 8.51.